The van der Waals surface area contributed by atoms with Gasteiger partial charge < -0.3 is 0 Å². The van der Waals surface area contributed by atoms with Crippen molar-refractivity contribution < 1.29 is 0 Å². The van der Waals surface area contributed by atoms with Crippen molar-refractivity contribution in [3.05, 3.63) is 40.3 Å². The van der Waals surface area contributed by atoms with Crippen LogP contribution in [0.4, 0.5) is 5.82 Å². The quantitative estimate of drug-likeness (QED) is 0.695. The Labute approximate surface area is 124 Å². The Morgan fingerprint density at radius 2 is 1.70 bits per heavy atom. The van der Waals surface area contributed by atoms with Gasteiger partial charge in [0.15, 0.2) is 5.82 Å². The topological polar surface area (TPSA) is 55.0 Å². The van der Waals surface area contributed by atoms with Gasteiger partial charge in [-0.1, -0.05) is 11.6 Å². The van der Waals surface area contributed by atoms with Crippen molar-refractivity contribution in [3.63, 3.8) is 0 Å². The molecule has 2 heterocycles. The molecule has 2 aromatic heterocycles. The van der Waals surface area contributed by atoms with Crippen LogP contribution in [-0.2, 0) is 0 Å². The molecular formula is C15H19ClN4. The summed E-state index contributed by atoms with van der Waals surface area (Å²) in [6.45, 7) is 8.53. The van der Waals surface area contributed by atoms with E-state index in [2.05, 4.69) is 9.97 Å². The lowest BCUT2D eigenvalue weighted by Gasteiger charge is -2.18. The molecule has 0 amide bonds. The van der Waals surface area contributed by atoms with E-state index in [0.717, 1.165) is 28.2 Å². The Bertz CT molecular complexity index is 620. The van der Waals surface area contributed by atoms with Crippen molar-refractivity contribution in [1.82, 2.24) is 9.97 Å². The van der Waals surface area contributed by atoms with Crippen LogP contribution in [0.1, 0.15) is 24.0 Å². The molecule has 0 bridgehead atoms. The van der Waals surface area contributed by atoms with E-state index < -0.39 is 0 Å². The van der Waals surface area contributed by atoms with Crippen molar-refractivity contribution >= 4 is 17.4 Å². The van der Waals surface area contributed by atoms with E-state index in [1.807, 2.05) is 45.9 Å². The van der Waals surface area contributed by atoms with Crippen LogP contribution < -0.4 is 10.9 Å². The van der Waals surface area contributed by atoms with Crippen molar-refractivity contribution in [2.24, 2.45) is 5.84 Å². The molecule has 2 rings (SSSR count). The van der Waals surface area contributed by atoms with Gasteiger partial charge in [0.2, 0.25) is 0 Å². The molecule has 0 aliphatic heterocycles. The summed E-state index contributed by atoms with van der Waals surface area (Å²) in [5, 5.41) is 2.10. The first-order chi connectivity index (χ1) is 9.42. The molecule has 0 spiro atoms. The predicted octanol–water partition coefficient (Wildman–Crippen LogP) is 3.42. The minimum absolute atomic E-state index is 0.557. The second-order valence-electron chi connectivity index (χ2n) is 4.85. The number of hydrogen-bond acceptors (Lipinski definition) is 4. The molecule has 2 aromatic rings. The van der Waals surface area contributed by atoms with Gasteiger partial charge in [-0.15, -0.1) is 0 Å². The first kappa shape index (κ1) is 14.8. The first-order valence-electron chi connectivity index (χ1n) is 6.57. The van der Waals surface area contributed by atoms with Crippen molar-refractivity contribution in [2.75, 3.05) is 11.6 Å². The first-order valence-corrected chi connectivity index (χ1v) is 6.95. The fourth-order valence-electron chi connectivity index (χ4n) is 2.20. The molecule has 0 saturated carbocycles. The monoisotopic (exact) mass is 290 g/mol. The van der Waals surface area contributed by atoms with E-state index >= 15 is 0 Å². The average molecular weight is 291 g/mol. The molecule has 0 unspecified atom stereocenters. The van der Waals surface area contributed by atoms with Gasteiger partial charge >= 0.3 is 0 Å². The Morgan fingerprint density at radius 1 is 1.10 bits per heavy atom. The van der Waals surface area contributed by atoms with Crippen LogP contribution in [0.3, 0.4) is 0 Å². The van der Waals surface area contributed by atoms with E-state index in [9.17, 15) is 0 Å². The zero-order chi connectivity index (χ0) is 14.9. The van der Waals surface area contributed by atoms with Gasteiger partial charge in [-0.05, 0) is 51.5 Å². The number of aromatic nitrogens is 2. The minimum atomic E-state index is 0.557. The van der Waals surface area contributed by atoms with Crippen LogP contribution >= 0.6 is 11.6 Å². The smallest absolute Gasteiger partial charge is 0.161 e. The lowest BCUT2D eigenvalue weighted by molar-refractivity contribution is 0.864. The Balaban J connectivity index is 2.56. The van der Waals surface area contributed by atoms with Gasteiger partial charge in [0.05, 0.1) is 5.02 Å². The fraction of sp³-hybridized carbons (Fsp3) is 0.333. The maximum absolute atomic E-state index is 6.30. The highest BCUT2D eigenvalue weighted by Crippen LogP contribution is 2.31. The van der Waals surface area contributed by atoms with Crippen LogP contribution in [0, 0.1) is 20.8 Å². The number of nitrogens with two attached hydrogens (primary N) is 1. The maximum Gasteiger partial charge on any atom is 0.161 e. The van der Waals surface area contributed by atoms with Crippen LogP contribution in [-0.4, -0.2) is 16.5 Å². The summed E-state index contributed by atoms with van der Waals surface area (Å²) < 4.78 is 0. The van der Waals surface area contributed by atoms with E-state index in [4.69, 9.17) is 17.4 Å². The summed E-state index contributed by atoms with van der Waals surface area (Å²) in [5.74, 6) is 6.49. The van der Waals surface area contributed by atoms with Crippen LogP contribution in [0.25, 0.3) is 11.1 Å². The van der Waals surface area contributed by atoms with Crippen molar-refractivity contribution in [2.45, 2.75) is 27.7 Å². The average Bonchev–Trinajstić information content (AvgIpc) is 2.39. The number of anilines is 1. The van der Waals surface area contributed by atoms with E-state index in [-0.39, 0.29) is 0 Å². The zero-order valence-electron chi connectivity index (χ0n) is 12.2. The van der Waals surface area contributed by atoms with Crippen LogP contribution in [0.15, 0.2) is 18.2 Å². The van der Waals surface area contributed by atoms with Gasteiger partial charge in [-0.3, -0.25) is 9.99 Å². The molecule has 0 aromatic carbocycles. The minimum Gasteiger partial charge on any atom is -0.294 e. The summed E-state index contributed by atoms with van der Waals surface area (Å²) in [5.41, 5.74) is 4.95. The highest BCUT2D eigenvalue weighted by Gasteiger charge is 2.13. The molecule has 0 atom stereocenters. The highest BCUT2D eigenvalue weighted by atomic mass is 35.5. The number of nitrogens with zero attached hydrogens (tertiary/aromatic N) is 3. The number of aryl methyl sites for hydroxylation is 3. The predicted molar refractivity (Wildman–Crippen MR) is 83.9 cm³/mol. The van der Waals surface area contributed by atoms with Crippen LogP contribution in [0.2, 0.25) is 5.02 Å². The summed E-state index contributed by atoms with van der Waals surface area (Å²) in [6.07, 6.45) is 0. The molecule has 2 N–H and O–H groups in total. The SMILES string of the molecule is CCN(N)c1nc(C)c(-c2cc(C)nc(C)c2)cc1Cl. The normalized spacial score (nSPS) is 10.7. The summed E-state index contributed by atoms with van der Waals surface area (Å²) in [7, 11) is 0. The maximum atomic E-state index is 6.30. The third-order valence-corrected chi connectivity index (χ3v) is 3.43. The highest BCUT2D eigenvalue weighted by molar-refractivity contribution is 6.33. The molecule has 5 heteroatoms. The van der Waals surface area contributed by atoms with Gasteiger partial charge in [0.25, 0.3) is 0 Å². The molecule has 0 fully saturated rings. The second-order valence-corrected chi connectivity index (χ2v) is 5.26. The molecule has 0 radical (unpaired) electrons. The van der Waals surface area contributed by atoms with Crippen molar-refractivity contribution in [3.8, 4) is 11.1 Å². The third-order valence-electron chi connectivity index (χ3n) is 3.15. The Kier molecular flexibility index (Phi) is 4.26. The van der Waals surface area contributed by atoms with E-state index in [1.54, 1.807) is 5.01 Å². The fourth-order valence-corrected chi connectivity index (χ4v) is 2.46. The van der Waals surface area contributed by atoms with Gasteiger partial charge in [-0.25, -0.2) is 10.8 Å². The molecule has 20 heavy (non-hydrogen) atoms. The molecule has 106 valence electrons. The molecule has 0 aliphatic carbocycles. The van der Waals surface area contributed by atoms with Crippen molar-refractivity contribution in [1.29, 1.82) is 0 Å². The Hall–Kier alpha value is -1.65. The number of hydrazine groups is 1. The van der Waals surface area contributed by atoms with E-state index in [0.29, 0.717) is 17.4 Å². The van der Waals surface area contributed by atoms with Crippen LogP contribution in [0.5, 0.6) is 0 Å². The van der Waals surface area contributed by atoms with E-state index in [1.165, 1.54) is 0 Å². The summed E-state index contributed by atoms with van der Waals surface area (Å²) in [6, 6.07) is 5.99. The molecule has 0 saturated heterocycles. The van der Waals surface area contributed by atoms with Gasteiger partial charge in [0.1, 0.15) is 0 Å². The lowest BCUT2D eigenvalue weighted by Crippen LogP contribution is -2.31. The second kappa shape index (κ2) is 5.77. The lowest BCUT2D eigenvalue weighted by atomic mass is 10.0. The molecule has 4 nitrogen and oxygen atoms in total. The largest absolute Gasteiger partial charge is 0.294 e. The third kappa shape index (κ3) is 2.92. The standard InChI is InChI=1S/C15H19ClN4/c1-5-20(17)15-14(16)8-13(11(4)19-15)12-6-9(2)18-10(3)7-12/h6-8H,5,17H2,1-4H3. The molecular weight excluding hydrogens is 272 g/mol. The summed E-state index contributed by atoms with van der Waals surface area (Å²) in [4.78, 5) is 8.92. The molecule has 0 aliphatic rings. The number of halogens is 1. The zero-order valence-corrected chi connectivity index (χ0v) is 13.0. The number of hydrogen-bond donors (Lipinski definition) is 1. The number of pyridine rings is 2. The van der Waals surface area contributed by atoms with Gasteiger partial charge in [0, 0.05) is 29.2 Å². The Morgan fingerprint density at radius 3 is 2.25 bits per heavy atom. The number of rotatable bonds is 3. The summed E-state index contributed by atoms with van der Waals surface area (Å²) >= 11 is 6.30. The van der Waals surface area contributed by atoms with Gasteiger partial charge in [-0.2, -0.15) is 0 Å².